The summed E-state index contributed by atoms with van der Waals surface area (Å²) in [5.74, 6) is 0.636. The number of aromatic nitrogens is 3. The number of carbonyl (C=O) groups is 1. The van der Waals surface area contributed by atoms with Crippen LogP contribution in [0.4, 0.5) is 10.1 Å². The molecule has 5 nitrogen and oxygen atoms in total. The van der Waals surface area contributed by atoms with Gasteiger partial charge in [-0.2, -0.15) is 0 Å². The molecule has 2 aromatic heterocycles. The van der Waals surface area contributed by atoms with Gasteiger partial charge in [0.2, 0.25) is 5.91 Å². The first-order valence-electron chi connectivity index (χ1n) is 8.21. The van der Waals surface area contributed by atoms with E-state index in [0.29, 0.717) is 16.8 Å². The maximum Gasteiger partial charge on any atom is 0.234 e. The summed E-state index contributed by atoms with van der Waals surface area (Å²) in [5, 5.41) is 13.8. The average molecular weight is 425 g/mol. The summed E-state index contributed by atoms with van der Waals surface area (Å²) in [4.78, 5) is 13.4. The molecule has 0 aliphatic carbocycles. The van der Waals surface area contributed by atoms with Crippen LogP contribution in [0.15, 0.2) is 34.8 Å². The predicted octanol–water partition coefficient (Wildman–Crippen LogP) is 5.19. The van der Waals surface area contributed by atoms with E-state index in [1.165, 1.54) is 34.8 Å². The normalized spacial score (nSPS) is 11.2. The molecule has 0 atom stereocenters. The zero-order valence-electron chi connectivity index (χ0n) is 15.0. The second-order valence-electron chi connectivity index (χ2n) is 6.22. The summed E-state index contributed by atoms with van der Waals surface area (Å²) < 4.78 is 15.0. The third-order valence-electron chi connectivity index (χ3n) is 3.82. The van der Waals surface area contributed by atoms with Gasteiger partial charge in [0.05, 0.1) is 10.8 Å². The highest BCUT2D eigenvalue weighted by atomic mass is 35.5. The third-order valence-corrected chi connectivity index (χ3v) is 6.36. The Morgan fingerprint density at radius 3 is 2.81 bits per heavy atom. The van der Waals surface area contributed by atoms with E-state index in [0.717, 1.165) is 11.4 Å². The lowest BCUT2D eigenvalue weighted by Gasteiger charge is -2.06. The largest absolute Gasteiger partial charge is 0.325 e. The van der Waals surface area contributed by atoms with E-state index >= 15 is 0 Å². The lowest BCUT2D eigenvalue weighted by Crippen LogP contribution is -2.14. The monoisotopic (exact) mass is 424 g/mol. The first-order valence-corrected chi connectivity index (χ1v) is 10.5. The smallest absolute Gasteiger partial charge is 0.234 e. The first-order chi connectivity index (χ1) is 12.8. The maximum atomic E-state index is 13.2. The van der Waals surface area contributed by atoms with Crippen LogP contribution in [-0.2, 0) is 11.8 Å². The molecule has 1 amide bonds. The van der Waals surface area contributed by atoms with Gasteiger partial charge in [-0.1, -0.05) is 37.2 Å². The van der Waals surface area contributed by atoms with Gasteiger partial charge in [-0.15, -0.1) is 21.5 Å². The van der Waals surface area contributed by atoms with Gasteiger partial charge >= 0.3 is 0 Å². The van der Waals surface area contributed by atoms with Gasteiger partial charge in [0.15, 0.2) is 11.0 Å². The number of amides is 1. The number of nitrogens with one attached hydrogen (secondary N) is 1. The molecule has 3 aromatic rings. The first kappa shape index (κ1) is 19.9. The Labute approximate surface area is 170 Å². The number of thiophene rings is 1. The van der Waals surface area contributed by atoms with Crippen molar-refractivity contribution in [3.8, 4) is 11.4 Å². The van der Waals surface area contributed by atoms with Gasteiger partial charge in [-0.05, 0) is 30.2 Å². The summed E-state index contributed by atoms with van der Waals surface area (Å²) in [5.41, 5.74) is 1.47. The fourth-order valence-electron chi connectivity index (χ4n) is 2.37. The van der Waals surface area contributed by atoms with E-state index in [9.17, 15) is 9.18 Å². The number of hydrogen-bond acceptors (Lipinski definition) is 5. The van der Waals surface area contributed by atoms with E-state index < -0.39 is 5.82 Å². The molecule has 27 heavy (non-hydrogen) atoms. The second kappa shape index (κ2) is 8.41. The van der Waals surface area contributed by atoms with Crippen LogP contribution in [-0.4, -0.2) is 26.4 Å². The SMILES string of the molecule is CC(C)c1cc(-c2nnc(SCC(=O)Nc3ccc(F)c(Cl)c3)n2C)cs1. The third kappa shape index (κ3) is 4.69. The number of nitrogens with zero attached hydrogens (tertiary/aromatic N) is 3. The quantitative estimate of drug-likeness (QED) is 0.553. The number of rotatable bonds is 6. The zero-order chi connectivity index (χ0) is 19.6. The molecule has 1 N–H and O–H groups in total. The van der Waals surface area contributed by atoms with E-state index in [1.807, 2.05) is 11.6 Å². The molecular formula is C18H18ClFN4OS2. The van der Waals surface area contributed by atoms with E-state index in [-0.39, 0.29) is 16.7 Å². The highest BCUT2D eigenvalue weighted by molar-refractivity contribution is 7.99. The molecule has 0 radical (unpaired) electrons. The van der Waals surface area contributed by atoms with Crippen LogP contribution in [0, 0.1) is 5.82 Å². The van der Waals surface area contributed by atoms with Crippen molar-refractivity contribution in [1.29, 1.82) is 0 Å². The second-order valence-corrected chi connectivity index (χ2v) is 8.52. The Balaban J connectivity index is 1.63. The van der Waals surface area contributed by atoms with Gasteiger partial charge < -0.3 is 9.88 Å². The summed E-state index contributed by atoms with van der Waals surface area (Å²) in [6, 6.07) is 6.18. The molecule has 0 aliphatic heterocycles. The standard InChI is InChI=1S/C18H18ClFN4OS2/c1-10(2)15-6-11(8-26-15)17-22-23-18(24(17)3)27-9-16(25)21-12-4-5-14(20)13(19)7-12/h4-8,10H,9H2,1-3H3,(H,21,25). The van der Waals surface area contributed by atoms with Crippen molar-refractivity contribution >= 4 is 46.3 Å². The average Bonchev–Trinajstić information content (AvgIpc) is 3.23. The van der Waals surface area contributed by atoms with Crippen molar-refractivity contribution in [2.75, 3.05) is 11.1 Å². The van der Waals surface area contributed by atoms with E-state index in [1.54, 1.807) is 11.3 Å². The lowest BCUT2D eigenvalue weighted by atomic mass is 10.1. The predicted molar refractivity (Wildman–Crippen MR) is 109 cm³/mol. The molecule has 0 saturated carbocycles. The van der Waals surface area contributed by atoms with Crippen LogP contribution in [0.1, 0.15) is 24.6 Å². The van der Waals surface area contributed by atoms with Crippen molar-refractivity contribution in [2.45, 2.75) is 24.9 Å². The molecule has 0 fully saturated rings. The van der Waals surface area contributed by atoms with Gasteiger partial charge in [0.1, 0.15) is 5.82 Å². The molecule has 142 valence electrons. The Morgan fingerprint density at radius 1 is 1.37 bits per heavy atom. The van der Waals surface area contributed by atoms with Crippen LogP contribution in [0.3, 0.4) is 0 Å². The molecule has 3 rings (SSSR count). The number of hydrogen-bond donors (Lipinski definition) is 1. The van der Waals surface area contributed by atoms with Crippen molar-refractivity contribution in [3.05, 3.63) is 45.4 Å². The van der Waals surface area contributed by atoms with Crippen molar-refractivity contribution in [3.63, 3.8) is 0 Å². The van der Waals surface area contributed by atoms with Gasteiger partial charge in [0, 0.05) is 28.6 Å². The fourth-order valence-corrected chi connectivity index (χ4v) is 4.16. The maximum absolute atomic E-state index is 13.2. The van der Waals surface area contributed by atoms with Crippen LogP contribution >= 0.6 is 34.7 Å². The lowest BCUT2D eigenvalue weighted by molar-refractivity contribution is -0.113. The van der Waals surface area contributed by atoms with Crippen LogP contribution < -0.4 is 5.32 Å². The van der Waals surface area contributed by atoms with Gasteiger partial charge in [0.25, 0.3) is 0 Å². The minimum atomic E-state index is -0.523. The summed E-state index contributed by atoms with van der Waals surface area (Å²) in [6.07, 6.45) is 0. The van der Waals surface area contributed by atoms with Gasteiger partial charge in [-0.3, -0.25) is 4.79 Å². The summed E-state index contributed by atoms with van der Waals surface area (Å²) in [6.45, 7) is 4.31. The minimum absolute atomic E-state index is 0.0325. The summed E-state index contributed by atoms with van der Waals surface area (Å²) in [7, 11) is 1.88. The van der Waals surface area contributed by atoms with Crippen LogP contribution in [0.25, 0.3) is 11.4 Å². The van der Waals surface area contributed by atoms with Crippen LogP contribution in [0.2, 0.25) is 5.02 Å². The van der Waals surface area contributed by atoms with Crippen molar-refractivity contribution in [1.82, 2.24) is 14.8 Å². The molecule has 0 unspecified atom stereocenters. The Morgan fingerprint density at radius 2 is 2.15 bits per heavy atom. The Bertz CT molecular complexity index is 970. The minimum Gasteiger partial charge on any atom is -0.325 e. The highest BCUT2D eigenvalue weighted by Gasteiger charge is 2.15. The van der Waals surface area contributed by atoms with E-state index in [4.69, 9.17) is 11.6 Å². The topological polar surface area (TPSA) is 59.8 Å². The fraction of sp³-hybridized carbons (Fsp3) is 0.278. The molecule has 9 heteroatoms. The highest BCUT2D eigenvalue weighted by Crippen LogP contribution is 2.30. The Kier molecular flexibility index (Phi) is 6.18. The zero-order valence-corrected chi connectivity index (χ0v) is 17.4. The molecule has 2 heterocycles. The number of benzene rings is 1. The number of anilines is 1. The van der Waals surface area contributed by atoms with Crippen molar-refractivity contribution in [2.24, 2.45) is 7.05 Å². The van der Waals surface area contributed by atoms with Crippen LogP contribution in [0.5, 0.6) is 0 Å². The molecule has 0 spiro atoms. The molecule has 1 aromatic carbocycles. The molecule has 0 bridgehead atoms. The van der Waals surface area contributed by atoms with E-state index in [2.05, 4.69) is 40.8 Å². The Hall–Kier alpha value is -1.90. The summed E-state index contributed by atoms with van der Waals surface area (Å²) >= 11 is 8.71. The molecule has 0 aliphatic rings. The number of carbonyl (C=O) groups excluding carboxylic acids is 1. The number of thioether (sulfide) groups is 1. The van der Waals surface area contributed by atoms with Gasteiger partial charge in [-0.25, -0.2) is 4.39 Å². The van der Waals surface area contributed by atoms with Crippen molar-refractivity contribution < 1.29 is 9.18 Å². The molecule has 0 saturated heterocycles. The number of halogens is 2. The molecular weight excluding hydrogens is 407 g/mol.